The Kier molecular flexibility index (Phi) is 8.40. The number of rotatable bonds is 8. The summed E-state index contributed by atoms with van der Waals surface area (Å²) in [5.74, 6) is 1.09. The highest BCUT2D eigenvalue weighted by Crippen LogP contribution is 2.34. The molecule has 3 fully saturated rings. The summed E-state index contributed by atoms with van der Waals surface area (Å²) in [6.45, 7) is 10.3. The molecule has 0 aliphatic carbocycles. The summed E-state index contributed by atoms with van der Waals surface area (Å²) in [5.41, 5.74) is 0.868. The monoisotopic (exact) mass is 544 g/mol. The summed E-state index contributed by atoms with van der Waals surface area (Å²) in [7, 11) is -3.22. The normalized spacial score (nSPS) is 21.7. The molecule has 35 heavy (non-hydrogen) atoms. The summed E-state index contributed by atoms with van der Waals surface area (Å²) < 4.78 is 39.3. The molecule has 13 heteroatoms. The van der Waals surface area contributed by atoms with E-state index in [2.05, 4.69) is 30.7 Å². The molecule has 0 N–H and O–H groups in total. The lowest BCUT2D eigenvalue weighted by Gasteiger charge is -2.34. The van der Waals surface area contributed by atoms with Crippen LogP contribution in [0.25, 0.3) is 10.2 Å². The quantitative estimate of drug-likeness (QED) is 0.457. The fourth-order valence-corrected chi connectivity index (χ4v) is 7.61. The van der Waals surface area contributed by atoms with Crippen LogP contribution in [0, 0.1) is 0 Å². The van der Waals surface area contributed by atoms with Crippen LogP contribution < -0.4 is 4.90 Å². The van der Waals surface area contributed by atoms with Crippen LogP contribution in [0.2, 0.25) is 5.28 Å². The molecule has 5 rings (SSSR count). The molecule has 0 aromatic carbocycles. The number of halogens is 1. The largest absolute Gasteiger partial charge is 0.379 e. The SMILES string of the molecule is O=S(=O)(CCCN1CCOCC1)N1CCN(Cc2cc3nc(Cl)nc(N4CCOCC4)c3s2)CC1. The fourth-order valence-electron chi connectivity index (χ4n) is 4.81. The Balaban J connectivity index is 1.15. The van der Waals surface area contributed by atoms with Crippen LogP contribution in [-0.4, -0.2) is 124 Å². The average Bonchev–Trinajstić information content (AvgIpc) is 3.27. The van der Waals surface area contributed by atoms with Crippen molar-refractivity contribution in [1.82, 2.24) is 24.1 Å². The molecular weight excluding hydrogens is 512 g/mol. The number of morpholine rings is 2. The van der Waals surface area contributed by atoms with E-state index in [9.17, 15) is 8.42 Å². The lowest BCUT2D eigenvalue weighted by molar-refractivity contribution is 0.0380. The van der Waals surface area contributed by atoms with Gasteiger partial charge in [0, 0.05) is 63.8 Å². The van der Waals surface area contributed by atoms with Crippen molar-refractivity contribution in [3.63, 3.8) is 0 Å². The van der Waals surface area contributed by atoms with E-state index in [1.807, 2.05) is 0 Å². The van der Waals surface area contributed by atoms with Crippen LogP contribution in [0.5, 0.6) is 0 Å². The number of piperazine rings is 1. The Labute approximate surface area is 215 Å². The predicted octanol–water partition coefficient (Wildman–Crippen LogP) is 1.35. The molecule has 0 amide bonds. The van der Waals surface area contributed by atoms with Gasteiger partial charge >= 0.3 is 0 Å². The lowest BCUT2D eigenvalue weighted by atomic mass is 10.3. The zero-order valence-corrected chi connectivity index (χ0v) is 22.3. The molecule has 5 heterocycles. The number of aromatic nitrogens is 2. The number of anilines is 1. The van der Waals surface area contributed by atoms with Gasteiger partial charge in [0.05, 0.1) is 42.4 Å². The van der Waals surface area contributed by atoms with E-state index < -0.39 is 10.0 Å². The van der Waals surface area contributed by atoms with Gasteiger partial charge < -0.3 is 14.4 Å². The predicted molar refractivity (Wildman–Crippen MR) is 138 cm³/mol. The van der Waals surface area contributed by atoms with Crippen molar-refractivity contribution < 1.29 is 17.9 Å². The molecule has 2 aromatic rings. The van der Waals surface area contributed by atoms with E-state index in [0.717, 1.165) is 81.6 Å². The van der Waals surface area contributed by atoms with E-state index in [0.29, 0.717) is 32.7 Å². The topological polar surface area (TPSA) is 91.3 Å². The van der Waals surface area contributed by atoms with E-state index in [4.69, 9.17) is 21.1 Å². The Morgan fingerprint density at radius 1 is 0.914 bits per heavy atom. The molecule has 0 unspecified atom stereocenters. The van der Waals surface area contributed by atoms with Crippen LogP contribution in [0.1, 0.15) is 11.3 Å². The van der Waals surface area contributed by atoms with Gasteiger partial charge in [-0.15, -0.1) is 11.3 Å². The van der Waals surface area contributed by atoms with Crippen molar-refractivity contribution in [2.24, 2.45) is 0 Å². The van der Waals surface area contributed by atoms with Crippen LogP contribution >= 0.6 is 22.9 Å². The second-order valence-corrected chi connectivity index (χ2v) is 12.7. The third-order valence-electron chi connectivity index (χ3n) is 6.77. The van der Waals surface area contributed by atoms with E-state index in [1.165, 1.54) is 4.88 Å². The van der Waals surface area contributed by atoms with Gasteiger partial charge in [0.2, 0.25) is 15.3 Å². The van der Waals surface area contributed by atoms with Crippen molar-refractivity contribution in [2.45, 2.75) is 13.0 Å². The Bertz CT molecular complexity index is 1100. The van der Waals surface area contributed by atoms with Crippen molar-refractivity contribution in [1.29, 1.82) is 0 Å². The van der Waals surface area contributed by atoms with Crippen molar-refractivity contribution in [3.8, 4) is 0 Å². The molecule has 3 aliphatic heterocycles. The number of nitrogens with zero attached hydrogens (tertiary/aromatic N) is 6. The molecule has 2 aromatic heterocycles. The van der Waals surface area contributed by atoms with Gasteiger partial charge in [-0.1, -0.05) is 0 Å². The molecule has 0 bridgehead atoms. The van der Waals surface area contributed by atoms with Crippen molar-refractivity contribution >= 4 is 49.0 Å². The number of ether oxygens (including phenoxy) is 2. The first kappa shape index (κ1) is 25.5. The first-order valence-corrected chi connectivity index (χ1v) is 15.1. The number of thiophene rings is 1. The second kappa shape index (κ2) is 11.5. The molecule has 0 saturated carbocycles. The maximum absolute atomic E-state index is 12.9. The van der Waals surface area contributed by atoms with Crippen molar-refractivity contribution in [2.75, 3.05) is 96.0 Å². The van der Waals surface area contributed by atoms with Gasteiger partial charge in [0.25, 0.3) is 0 Å². The van der Waals surface area contributed by atoms with Crippen LogP contribution in [0.4, 0.5) is 5.82 Å². The highest BCUT2D eigenvalue weighted by molar-refractivity contribution is 7.89. The first-order chi connectivity index (χ1) is 17.0. The van der Waals surface area contributed by atoms with Gasteiger partial charge in [0.1, 0.15) is 0 Å². The first-order valence-electron chi connectivity index (χ1n) is 12.3. The van der Waals surface area contributed by atoms with Gasteiger partial charge in [-0.05, 0) is 30.6 Å². The third kappa shape index (κ3) is 6.42. The van der Waals surface area contributed by atoms with E-state index in [-0.39, 0.29) is 11.0 Å². The molecule has 3 saturated heterocycles. The average molecular weight is 545 g/mol. The standard InChI is InChI=1S/C22H33ClN6O4S2/c23-22-24-19-16-18(34-20(19)21(25-22)28-9-13-33-14-10-28)17-27-3-5-29(6-4-27)35(30,31)15-1-2-26-7-11-32-12-8-26/h16H,1-15,17H2. The Morgan fingerprint density at radius 3 is 2.31 bits per heavy atom. The minimum Gasteiger partial charge on any atom is -0.379 e. The molecule has 10 nitrogen and oxygen atoms in total. The van der Waals surface area contributed by atoms with Gasteiger partial charge in [-0.3, -0.25) is 9.80 Å². The highest BCUT2D eigenvalue weighted by atomic mass is 35.5. The maximum atomic E-state index is 12.9. The maximum Gasteiger partial charge on any atom is 0.224 e. The van der Waals surface area contributed by atoms with Crippen LogP contribution in [0.3, 0.4) is 0 Å². The Morgan fingerprint density at radius 2 is 1.60 bits per heavy atom. The summed E-state index contributed by atoms with van der Waals surface area (Å²) >= 11 is 7.92. The second-order valence-electron chi connectivity index (χ2n) is 9.14. The number of fused-ring (bicyclic) bond motifs is 1. The minimum absolute atomic E-state index is 0.213. The molecule has 0 radical (unpaired) electrons. The zero-order valence-electron chi connectivity index (χ0n) is 19.9. The van der Waals surface area contributed by atoms with E-state index in [1.54, 1.807) is 15.6 Å². The summed E-state index contributed by atoms with van der Waals surface area (Å²) in [6, 6.07) is 2.09. The zero-order chi connectivity index (χ0) is 24.3. The minimum atomic E-state index is -3.22. The molecule has 3 aliphatic rings. The molecule has 194 valence electrons. The molecular formula is C22H33ClN6O4S2. The highest BCUT2D eigenvalue weighted by Gasteiger charge is 2.27. The summed E-state index contributed by atoms with van der Waals surface area (Å²) in [5, 5.41) is 0.260. The number of sulfonamides is 1. The number of hydrogen-bond donors (Lipinski definition) is 0. The Hall–Kier alpha value is -1.12. The summed E-state index contributed by atoms with van der Waals surface area (Å²) in [4.78, 5) is 17.0. The van der Waals surface area contributed by atoms with E-state index >= 15 is 0 Å². The van der Waals surface area contributed by atoms with Crippen molar-refractivity contribution in [3.05, 3.63) is 16.2 Å². The molecule has 0 spiro atoms. The summed E-state index contributed by atoms with van der Waals surface area (Å²) in [6.07, 6.45) is 0.666. The van der Waals surface area contributed by atoms with Gasteiger partial charge in [0.15, 0.2) is 5.82 Å². The smallest absolute Gasteiger partial charge is 0.224 e. The van der Waals surface area contributed by atoms with Gasteiger partial charge in [-0.2, -0.15) is 9.29 Å². The fraction of sp³-hybridized carbons (Fsp3) is 0.727. The third-order valence-corrected chi connectivity index (χ3v) is 10.0. The van der Waals surface area contributed by atoms with Crippen LogP contribution in [-0.2, 0) is 26.0 Å². The molecule has 0 atom stereocenters. The lowest BCUT2D eigenvalue weighted by Crippen LogP contribution is -2.49. The van der Waals surface area contributed by atoms with Crippen LogP contribution in [0.15, 0.2) is 6.07 Å². The van der Waals surface area contributed by atoms with Gasteiger partial charge in [-0.25, -0.2) is 13.4 Å². The number of hydrogen-bond acceptors (Lipinski definition) is 10.